The summed E-state index contributed by atoms with van der Waals surface area (Å²) in [5, 5.41) is 21.2. The minimum Gasteiger partial charge on any atom is -0.411 e. The molecule has 1 saturated carbocycles. The first-order valence-electron chi connectivity index (χ1n) is 4.76. The Hall–Kier alpha value is -0.830. The second-order valence-electron chi connectivity index (χ2n) is 3.63. The maximum Gasteiger partial charge on any atom is 0.0650 e. The Labute approximate surface area is 78.8 Å². The Morgan fingerprint density at radius 2 is 2.23 bits per heavy atom. The largest absolute Gasteiger partial charge is 0.411 e. The summed E-state index contributed by atoms with van der Waals surface area (Å²) in [4.78, 5) is 0. The second kappa shape index (κ2) is 5.02. The van der Waals surface area contributed by atoms with Gasteiger partial charge >= 0.3 is 0 Å². The zero-order chi connectivity index (χ0) is 9.68. The molecule has 2 N–H and O–H groups in total. The van der Waals surface area contributed by atoms with E-state index in [2.05, 4.69) is 11.7 Å². The molecule has 1 aliphatic carbocycles. The fourth-order valence-electron chi connectivity index (χ4n) is 2.03. The molecule has 0 radical (unpaired) electrons. The van der Waals surface area contributed by atoms with Gasteiger partial charge < -0.3 is 10.3 Å². The van der Waals surface area contributed by atoms with Crippen LogP contribution in [-0.2, 0) is 0 Å². The van der Waals surface area contributed by atoms with E-state index in [9.17, 15) is 5.11 Å². The highest BCUT2D eigenvalue weighted by molar-refractivity contribution is 5.60. The average molecular weight is 183 g/mol. The summed E-state index contributed by atoms with van der Waals surface area (Å²) >= 11 is 0. The van der Waals surface area contributed by atoms with Crippen LogP contribution in [0.15, 0.2) is 17.8 Å². The van der Waals surface area contributed by atoms with Crippen LogP contribution in [0.3, 0.4) is 0 Å². The summed E-state index contributed by atoms with van der Waals surface area (Å²) in [7, 11) is 0. The maximum atomic E-state index is 9.84. The minimum absolute atomic E-state index is 0.0173. The standard InChI is InChI=1S/C10H17NO2/c1-2-4-8-5-3-6-9(7-11-13)10(8)12/h2,7-10,12-13H,1,3-6H2. The molecule has 0 heterocycles. The van der Waals surface area contributed by atoms with Crippen LogP contribution < -0.4 is 0 Å². The Morgan fingerprint density at radius 1 is 1.46 bits per heavy atom. The van der Waals surface area contributed by atoms with Crippen LogP contribution in [0.5, 0.6) is 0 Å². The van der Waals surface area contributed by atoms with E-state index in [1.807, 2.05) is 6.08 Å². The number of hydrogen-bond acceptors (Lipinski definition) is 3. The molecule has 0 saturated heterocycles. The maximum absolute atomic E-state index is 9.84. The lowest BCUT2D eigenvalue weighted by atomic mass is 9.78. The summed E-state index contributed by atoms with van der Waals surface area (Å²) < 4.78 is 0. The smallest absolute Gasteiger partial charge is 0.0650 e. The van der Waals surface area contributed by atoms with Gasteiger partial charge in [0.15, 0.2) is 0 Å². The quantitative estimate of drug-likeness (QED) is 0.303. The van der Waals surface area contributed by atoms with Crippen molar-refractivity contribution in [2.45, 2.75) is 31.8 Å². The summed E-state index contributed by atoms with van der Waals surface area (Å²) in [6.07, 6.45) is 6.81. The number of allylic oxidation sites excluding steroid dienone is 1. The third-order valence-corrected chi connectivity index (χ3v) is 2.76. The number of aliphatic hydroxyl groups is 1. The van der Waals surface area contributed by atoms with Gasteiger partial charge in [-0.15, -0.1) is 11.7 Å². The normalized spacial score (nSPS) is 35.0. The van der Waals surface area contributed by atoms with Crippen LogP contribution in [0.2, 0.25) is 0 Å². The lowest BCUT2D eigenvalue weighted by Crippen LogP contribution is -2.33. The van der Waals surface area contributed by atoms with Crippen LogP contribution >= 0.6 is 0 Å². The van der Waals surface area contributed by atoms with E-state index in [1.54, 1.807) is 0 Å². The Kier molecular flexibility index (Phi) is 3.96. The van der Waals surface area contributed by atoms with Crippen LogP contribution in [0.1, 0.15) is 25.7 Å². The second-order valence-corrected chi connectivity index (χ2v) is 3.63. The third-order valence-electron chi connectivity index (χ3n) is 2.76. The van der Waals surface area contributed by atoms with E-state index in [1.165, 1.54) is 6.21 Å². The monoisotopic (exact) mass is 183 g/mol. The van der Waals surface area contributed by atoms with Gasteiger partial charge in [-0.25, -0.2) is 0 Å². The molecule has 0 aromatic rings. The first kappa shape index (κ1) is 10.3. The lowest BCUT2D eigenvalue weighted by molar-refractivity contribution is 0.0464. The molecule has 3 atom stereocenters. The van der Waals surface area contributed by atoms with Crippen LogP contribution in [0, 0.1) is 11.8 Å². The molecular formula is C10H17NO2. The summed E-state index contributed by atoms with van der Waals surface area (Å²) in [5.41, 5.74) is 0. The molecule has 74 valence electrons. The highest BCUT2D eigenvalue weighted by Gasteiger charge is 2.29. The average Bonchev–Trinajstić information content (AvgIpc) is 2.13. The SMILES string of the molecule is C=CCC1CCCC(C=NO)C1O. The van der Waals surface area contributed by atoms with Crippen molar-refractivity contribution in [3.05, 3.63) is 12.7 Å². The summed E-state index contributed by atoms with van der Waals surface area (Å²) in [6, 6.07) is 0. The first-order chi connectivity index (χ1) is 6.29. The highest BCUT2D eigenvalue weighted by atomic mass is 16.4. The molecule has 0 bridgehead atoms. The van der Waals surface area contributed by atoms with Gasteiger partial charge in [0.2, 0.25) is 0 Å². The fourth-order valence-corrected chi connectivity index (χ4v) is 2.03. The van der Waals surface area contributed by atoms with Crippen molar-refractivity contribution in [1.82, 2.24) is 0 Å². The predicted octanol–water partition coefficient (Wildman–Crippen LogP) is 1.80. The molecule has 0 spiro atoms. The molecule has 0 aliphatic heterocycles. The van der Waals surface area contributed by atoms with Crippen LogP contribution in [-0.4, -0.2) is 22.6 Å². The zero-order valence-corrected chi connectivity index (χ0v) is 7.76. The number of aliphatic hydroxyl groups excluding tert-OH is 1. The molecule has 3 unspecified atom stereocenters. The molecular weight excluding hydrogens is 166 g/mol. The van der Waals surface area contributed by atoms with E-state index < -0.39 is 0 Å². The molecule has 1 fully saturated rings. The van der Waals surface area contributed by atoms with Crippen molar-refractivity contribution in [1.29, 1.82) is 0 Å². The van der Waals surface area contributed by atoms with Crippen molar-refractivity contribution in [2.24, 2.45) is 17.0 Å². The zero-order valence-electron chi connectivity index (χ0n) is 7.76. The minimum atomic E-state index is -0.373. The molecule has 3 nitrogen and oxygen atoms in total. The number of oxime groups is 1. The Bertz CT molecular complexity index is 191. The van der Waals surface area contributed by atoms with Crippen molar-refractivity contribution in [3.8, 4) is 0 Å². The van der Waals surface area contributed by atoms with Gasteiger partial charge in [-0.3, -0.25) is 0 Å². The topological polar surface area (TPSA) is 52.8 Å². The van der Waals surface area contributed by atoms with Gasteiger partial charge in [0.25, 0.3) is 0 Å². The Balaban J connectivity index is 2.54. The van der Waals surface area contributed by atoms with Crippen LogP contribution in [0.25, 0.3) is 0 Å². The van der Waals surface area contributed by atoms with E-state index in [0.29, 0.717) is 0 Å². The van der Waals surface area contributed by atoms with Gasteiger partial charge in [0.1, 0.15) is 0 Å². The summed E-state index contributed by atoms with van der Waals surface area (Å²) in [6.45, 7) is 3.67. The molecule has 0 aromatic heterocycles. The van der Waals surface area contributed by atoms with Crippen molar-refractivity contribution in [3.63, 3.8) is 0 Å². The van der Waals surface area contributed by atoms with E-state index in [0.717, 1.165) is 25.7 Å². The van der Waals surface area contributed by atoms with Gasteiger partial charge in [0.05, 0.1) is 6.10 Å². The van der Waals surface area contributed by atoms with Gasteiger partial charge in [-0.05, 0) is 25.2 Å². The molecule has 3 heteroatoms. The molecule has 13 heavy (non-hydrogen) atoms. The number of rotatable bonds is 3. The van der Waals surface area contributed by atoms with Gasteiger partial charge in [-0.2, -0.15) is 0 Å². The van der Waals surface area contributed by atoms with Gasteiger partial charge in [-0.1, -0.05) is 12.5 Å². The van der Waals surface area contributed by atoms with E-state index in [-0.39, 0.29) is 17.9 Å². The van der Waals surface area contributed by atoms with Crippen molar-refractivity contribution >= 4 is 6.21 Å². The fraction of sp³-hybridized carbons (Fsp3) is 0.700. The molecule has 0 aromatic carbocycles. The highest BCUT2D eigenvalue weighted by Crippen LogP contribution is 2.30. The first-order valence-corrected chi connectivity index (χ1v) is 4.76. The molecule has 1 aliphatic rings. The van der Waals surface area contributed by atoms with Crippen molar-refractivity contribution < 1.29 is 10.3 Å². The molecule has 1 rings (SSSR count). The molecule has 0 amide bonds. The number of hydrogen-bond donors (Lipinski definition) is 2. The Morgan fingerprint density at radius 3 is 2.85 bits per heavy atom. The van der Waals surface area contributed by atoms with Crippen molar-refractivity contribution in [2.75, 3.05) is 0 Å². The van der Waals surface area contributed by atoms with E-state index in [4.69, 9.17) is 5.21 Å². The van der Waals surface area contributed by atoms with E-state index >= 15 is 0 Å². The van der Waals surface area contributed by atoms with Gasteiger partial charge in [0, 0.05) is 12.1 Å². The van der Waals surface area contributed by atoms with Crippen LogP contribution in [0.4, 0.5) is 0 Å². The lowest BCUT2D eigenvalue weighted by Gasteiger charge is -2.31. The summed E-state index contributed by atoms with van der Waals surface area (Å²) in [5.74, 6) is 0.304. The third kappa shape index (κ3) is 2.56. The number of nitrogens with zero attached hydrogens (tertiary/aromatic N) is 1. The predicted molar refractivity (Wildman–Crippen MR) is 51.9 cm³/mol.